The Morgan fingerprint density at radius 2 is 1.86 bits per heavy atom. The number of amides is 3. The number of carbonyl (C=O) groups excluding carboxylic acids is 2. The van der Waals surface area contributed by atoms with Gasteiger partial charge in [0.25, 0.3) is 0 Å². The summed E-state index contributed by atoms with van der Waals surface area (Å²) in [6.45, 7) is 3.97. The third kappa shape index (κ3) is 6.32. The maximum atomic E-state index is 12.7. The molecule has 154 valence electrons. The number of anilines is 1. The lowest BCUT2D eigenvalue weighted by molar-refractivity contribution is -0.133. The van der Waals surface area contributed by atoms with E-state index in [2.05, 4.69) is 10.6 Å². The smallest absolute Gasteiger partial charge is 0.319 e. The zero-order chi connectivity index (χ0) is 20.6. The second-order valence-corrected chi connectivity index (χ2v) is 7.77. The van der Waals surface area contributed by atoms with E-state index in [-0.39, 0.29) is 23.9 Å². The van der Waals surface area contributed by atoms with Gasteiger partial charge in [0, 0.05) is 37.8 Å². The summed E-state index contributed by atoms with van der Waals surface area (Å²) >= 11 is 0. The van der Waals surface area contributed by atoms with Crippen molar-refractivity contribution < 1.29 is 9.59 Å². The average molecular weight is 395 g/mol. The van der Waals surface area contributed by atoms with Crippen molar-refractivity contribution in [1.29, 1.82) is 0 Å². The van der Waals surface area contributed by atoms with Gasteiger partial charge in [0.15, 0.2) is 0 Å². The van der Waals surface area contributed by atoms with Crippen LogP contribution >= 0.6 is 0 Å². The molecule has 1 aliphatic heterocycles. The van der Waals surface area contributed by atoms with Crippen LogP contribution in [0.1, 0.15) is 36.4 Å². The van der Waals surface area contributed by atoms with Gasteiger partial charge in [-0.3, -0.25) is 4.79 Å². The first-order chi connectivity index (χ1) is 14.0. The minimum absolute atomic E-state index is 0.0789. The molecule has 1 saturated heterocycles. The van der Waals surface area contributed by atoms with Crippen LogP contribution in [-0.4, -0.2) is 36.5 Å². The number of rotatable bonds is 6. The Kier molecular flexibility index (Phi) is 7.25. The molecule has 2 atom stereocenters. The number of nitrogens with one attached hydrogen (secondary N) is 2. The number of aryl methyl sites for hydroxylation is 1. The van der Waals surface area contributed by atoms with E-state index in [4.69, 9.17) is 5.73 Å². The molecule has 1 heterocycles. The van der Waals surface area contributed by atoms with Crippen molar-refractivity contribution in [2.75, 3.05) is 25.0 Å². The molecule has 3 rings (SSSR count). The molecule has 0 radical (unpaired) electrons. The number of carbonyl (C=O) groups is 2. The molecule has 0 spiro atoms. The van der Waals surface area contributed by atoms with E-state index in [0.29, 0.717) is 19.5 Å². The highest BCUT2D eigenvalue weighted by molar-refractivity contribution is 5.89. The summed E-state index contributed by atoms with van der Waals surface area (Å²) in [5, 5.41) is 5.77. The molecule has 2 unspecified atom stereocenters. The van der Waals surface area contributed by atoms with Gasteiger partial charge >= 0.3 is 6.03 Å². The van der Waals surface area contributed by atoms with Crippen molar-refractivity contribution in [1.82, 2.24) is 10.2 Å². The van der Waals surface area contributed by atoms with Crippen molar-refractivity contribution in [2.24, 2.45) is 11.7 Å². The number of hydrogen-bond donors (Lipinski definition) is 3. The standard InChI is InChI=1S/C23H30N4O2/c1-17-9-11-20(12-10-17)26-23(29)25-15-18-6-5-13-27(16-18)22(28)14-21(24)19-7-3-2-4-8-19/h2-4,7-12,18,21H,5-6,13-16,24H2,1H3,(H2,25,26,29). The summed E-state index contributed by atoms with van der Waals surface area (Å²) in [5.74, 6) is 0.333. The quantitative estimate of drug-likeness (QED) is 0.701. The Hall–Kier alpha value is -2.86. The number of piperidine rings is 1. The predicted octanol–water partition coefficient (Wildman–Crippen LogP) is 3.45. The number of urea groups is 1. The number of nitrogens with zero attached hydrogens (tertiary/aromatic N) is 1. The molecule has 1 aliphatic rings. The molecule has 29 heavy (non-hydrogen) atoms. The third-order valence-electron chi connectivity index (χ3n) is 5.35. The lowest BCUT2D eigenvalue weighted by Crippen LogP contribution is -2.44. The highest BCUT2D eigenvalue weighted by Crippen LogP contribution is 2.20. The summed E-state index contributed by atoms with van der Waals surface area (Å²) < 4.78 is 0. The molecule has 0 saturated carbocycles. The van der Waals surface area contributed by atoms with E-state index in [0.717, 1.165) is 36.2 Å². The summed E-state index contributed by atoms with van der Waals surface area (Å²) in [4.78, 5) is 26.7. The van der Waals surface area contributed by atoms with Gasteiger partial charge in [-0.2, -0.15) is 0 Å². The number of benzene rings is 2. The second kappa shape index (κ2) is 10.1. The van der Waals surface area contributed by atoms with Gasteiger partial charge in [-0.05, 0) is 43.4 Å². The van der Waals surface area contributed by atoms with Crippen LogP contribution in [0.5, 0.6) is 0 Å². The van der Waals surface area contributed by atoms with Crippen LogP contribution in [0.15, 0.2) is 54.6 Å². The second-order valence-electron chi connectivity index (χ2n) is 7.77. The number of nitrogens with two attached hydrogens (primary N) is 1. The highest BCUT2D eigenvalue weighted by Gasteiger charge is 2.25. The topological polar surface area (TPSA) is 87.5 Å². The van der Waals surface area contributed by atoms with E-state index < -0.39 is 0 Å². The summed E-state index contributed by atoms with van der Waals surface area (Å²) in [7, 11) is 0. The Morgan fingerprint density at radius 1 is 1.14 bits per heavy atom. The third-order valence-corrected chi connectivity index (χ3v) is 5.35. The molecule has 0 aliphatic carbocycles. The first-order valence-electron chi connectivity index (χ1n) is 10.2. The molecule has 0 bridgehead atoms. The maximum absolute atomic E-state index is 12.7. The molecule has 2 aromatic carbocycles. The van der Waals surface area contributed by atoms with Gasteiger partial charge in [0.1, 0.15) is 0 Å². The zero-order valence-corrected chi connectivity index (χ0v) is 16.9. The Labute approximate surface area is 172 Å². The maximum Gasteiger partial charge on any atom is 0.319 e. The molecule has 6 heteroatoms. The highest BCUT2D eigenvalue weighted by atomic mass is 16.2. The van der Waals surface area contributed by atoms with E-state index in [1.165, 1.54) is 0 Å². The largest absolute Gasteiger partial charge is 0.342 e. The molecular weight excluding hydrogens is 364 g/mol. The molecule has 0 aromatic heterocycles. The molecular formula is C23H30N4O2. The van der Waals surface area contributed by atoms with Crippen LogP contribution in [0.4, 0.5) is 10.5 Å². The molecule has 3 amide bonds. The van der Waals surface area contributed by atoms with Crippen molar-refractivity contribution in [3.05, 3.63) is 65.7 Å². The lowest BCUT2D eigenvalue weighted by Gasteiger charge is -2.33. The van der Waals surface area contributed by atoms with E-state index in [1.54, 1.807) is 0 Å². The van der Waals surface area contributed by atoms with Crippen LogP contribution in [0.2, 0.25) is 0 Å². The fourth-order valence-electron chi connectivity index (χ4n) is 3.64. The minimum atomic E-state index is -0.289. The van der Waals surface area contributed by atoms with Crippen molar-refractivity contribution >= 4 is 17.6 Å². The van der Waals surface area contributed by atoms with Gasteiger partial charge in [0.05, 0.1) is 0 Å². The van der Waals surface area contributed by atoms with Crippen LogP contribution in [0.25, 0.3) is 0 Å². The predicted molar refractivity (Wildman–Crippen MR) is 115 cm³/mol. The monoisotopic (exact) mass is 394 g/mol. The summed E-state index contributed by atoms with van der Waals surface area (Å²) in [6, 6.07) is 16.9. The Bertz CT molecular complexity index is 807. The Morgan fingerprint density at radius 3 is 2.59 bits per heavy atom. The summed E-state index contributed by atoms with van der Waals surface area (Å²) in [6.07, 6.45) is 2.25. The van der Waals surface area contributed by atoms with E-state index >= 15 is 0 Å². The van der Waals surface area contributed by atoms with Gasteiger partial charge in [-0.1, -0.05) is 48.0 Å². The van der Waals surface area contributed by atoms with Crippen molar-refractivity contribution in [3.8, 4) is 0 Å². The van der Waals surface area contributed by atoms with Crippen molar-refractivity contribution in [2.45, 2.75) is 32.2 Å². The fraction of sp³-hybridized carbons (Fsp3) is 0.391. The SMILES string of the molecule is Cc1ccc(NC(=O)NCC2CCCN(C(=O)CC(N)c3ccccc3)C2)cc1. The Balaban J connectivity index is 1.44. The minimum Gasteiger partial charge on any atom is -0.342 e. The van der Waals surface area contributed by atoms with E-state index in [1.807, 2.05) is 66.4 Å². The van der Waals surface area contributed by atoms with E-state index in [9.17, 15) is 9.59 Å². The van der Waals surface area contributed by atoms with Crippen molar-refractivity contribution in [3.63, 3.8) is 0 Å². The normalized spacial score (nSPS) is 17.4. The number of hydrogen-bond acceptors (Lipinski definition) is 3. The first kappa shape index (κ1) is 20.9. The van der Waals surface area contributed by atoms with Crippen LogP contribution < -0.4 is 16.4 Å². The van der Waals surface area contributed by atoms with Gasteiger partial charge in [0.2, 0.25) is 5.91 Å². The fourth-order valence-corrected chi connectivity index (χ4v) is 3.64. The lowest BCUT2D eigenvalue weighted by atomic mass is 9.96. The summed E-state index contributed by atoms with van der Waals surface area (Å²) in [5.41, 5.74) is 9.10. The van der Waals surface area contributed by atoms with Gasteiger partial charge < -0.3 is 21.3 Å². The molecule has 1 fully saturated rings. The van der Waals surface area contributed by atoms with Crippen LogP contribution in [0.3, 0.4) is 0 Å². The number of likely N-dealkylation sites (tertiary alicyclic amines) is 1. The molecule has 2 aromatic rings. The zero-order valence-electron chi connectivity index (χ0n) is 16.9. The van der Waals surface area contributed by atoms with Gasteiger partial charge in [-0.25, -0.2) is 4.79 Å². The van der Waals surface area contributed by atoms with Crippen LogP contribution in [-0.2, 0) is 4.79 Å². The molecule has 6 nitrogen and oxygen atoms in total. The molecule has 4 N–H and O–H groups in total. The van der Waals surface area contributed by atoms with Crippen LogP contribution in [0, 0.1) is 12.8 Å². The first-order valence-corrected chi connectivity index (χ1v) is 10.2. The van der Waals surface area contributed by atoms with Gasteiger partial charge in [-0.15, -0.1) is 0 Å². The average Bonchev–Trinajstić information content (AvgIpc) is 2.74.